The summed E-state index contributed by atoms with van der Waals surface area (Å²) in [5.41, 5.74) is 2.98. The molecule has 1 aromatic rings. The monoisotopic (exact) mass is 233 g/mol. The lowest BCUT2D eigenvalue weighted by Crippen LogP contribution is -2.47. The maximum atomic E-state index is 5.54. The summed E-state index contributed by atoms with van der Waals surface area (Å²) < 4.78 is 5.54. The van der Waals surface area contributed by atoms with E-state index in [1.54, 1.807) is 7.11 Å². The van der Waals surface area contributed by atoms with Gasteiger partial charge in [0.15, 0.2) is 0 Å². The first-order valence-corrected chi connectivity index (χ1v) is 6.41. The van der Waals surface area contributed by atoms with Crippen molar-refractivity contribution in [3.63, 3.8) is 0 Å². The van der Waals surface area contributed by atoms with Crippen molar-refractivity contribution in [2.75, 3.05) is 20.7 Å². The van der Waals surface area contributed by atoms with E-state index in [1.165, 1.54) is 24.0 Å². The highest BCUT2D eigenvalue weighted by atomic mass is 16.5. The number of aryl methyl sites for hydroxylation is 1. The number of hydrogen-bond acceptors (Lipinski definition) is 2. The number of ether oxygens (including phenoxy) is 1. The molecule has 0 bridgehead atoms. The van der Waals surface area contributed by atoms with E-state index in [2.05, 4.69) is 37.4 Å². The number of likely N-dealkylation sites (N-methyl/N-ethyl adjacent to an activating group) is 1. The molecule has 0 unspecified atom stereocenters. The van der Waals surface area contributed by atoms with E-state index >= 15 is 0 Å². The predicted octanol–water partition coefficient (Wildman–Crippen LogP) is 2.89. The van der Waals surface area contributed by atoms with Crippen LogP contribution in [0.25, 0.3) is 0 Å². The van der Waals surface area contributed by atoms with Gasteiger partial charge >= 0.3 is 0 Å². The number of hydrogen-bond donors (Lipinski definition) is 1. The molecule has 0 aromatic heterocycles. The lowest BCUT2D eigenvalue weighted by molar-refractivity contribution is 0.151. The molecule has 2 heteroatoms. The summed E-state index contributed by atoms with van der Waals surface area (Å²) in [5, 5.41) is 3.34. The minimum Gasteiger partial charge on any atom is -0.496 e. The molecule has 0 spiro atoms. The SMILES string of the molecule is CNCC1(c2cc(C)ccc2OC)CC(C)C1. The topological polar surface area (TPSA) is 21.3 Å². The zero-order chi connectivity index (χ0) is 12.5. The Morgan fingerprint density at radius 3 is 2.65 bits per heavy atom. The molecular weight excluding hydrogens is 210 g/mol. The van der Waals surface area contributed by atoms with E-state index in [-0.39, 0.29) is 5.41 Å². The van der Waals surface area contributed by atoms with E-state index in [0.29, 0.717) is 0 Å². The third-order valence-electron chi connectivity index (χ3n) is 3.92. The average Bonchev–Trinajstić information content (AvgIpc) is 2.27. The molecule has 1 aromatic carbocycles. The van der Waals surface area contributed by atoms with E-state index in [9.17, 15) is 0 Å². The second-order valence-electron chi connectivity index (χ2n) is 5.53. The highest BCUT2D eigenvalue weighted by molar-refractivity contribution is 5.44. The fraction of sp³-hybridized carbons (Fsp3) is 0.600. The molecular formula is C15H23NO. The van der Waals surface area contributed by atoms with Crippen molar-refractivity contribution in [3.8, 4) is 5.75 Å². The maximum Gasteiger partial charge on any atom is 0.122 e. The van der Waals surface area contributed by atoms with E-state index < -0.39 is 0 Å². The molecule has 0 heterocycles. The van der Waals surface area contributed by atoms with Crippen molar-refractivity contribution in [1.29, 1.82) is 0 Å². The Morgan fingerprint density at radius 1 is 1.41 bits per heavy atom. The van der Waals surface area contributed by atoms with Gasteiger partial charge in [-0.2, -0.15) is 0 Å². The van der Waals surface area contributed by atoms with Crippen molar-refractivity contribution < 1.29 is 4.74 Å². The Kier molecular flexibility index (Phi) is 3.43. The largest absolute Gasteiger partial charge is 0.496 e. The fourth-order valence-corrected chi connectivity index (χ4v) is 3.31. The number of methoxy groups -OCH3 is 1. The van der Waals surface area contributed by atoms with Crippen LogP contribution < -0.4 is 10.1 Å². The Hall–Kier alpha value is -1.02. The average molecular weight is 233 g/mol. The summed E-state index contributed by atoms with van der Waals surface area (Å²) in [6.07, 6.45) is 2.52. The molecule has 94 valence electrons. The molecule has 1 N–H and O–H groups in total. The van der Waals surface area contributed by atoms with Crippen LogP contribution in [0, 0.1) is 12.8 Å². The molecule has 0 radical (unpaired) electrons. The van der Waals surface area contributed by atoms with Crippen molar-refractivity contribution in [2.24, 2.45) is 5.92 Å². The molecule has 0 aliphatic heterocycles. The molecule has 2 rings (SSSR count). The third-order valence-corrected chi connectivity index (χ3v) is 3.92. The van der Waals surface area contributed by atoms with E-state index in [1.807, 2.05) is 7.05 Å². The Balaban J connectivity index is 2.39. The summed E-state index contributed by atoms with van der Waals surface area (Å²) in [5.74, 6) is 1.87. The first-order valence-electron chi connectivity index (χ1n) is 6.41. The number of rotatable bonds is 4. The minimum absolute atomic E-state index is 0.283. The van der Waals surface area contributed by atoms with Gasteiger partial charge < -0.3 is 10.1 Å². The Bertz CT molecular complexity index is 388. The minimum atomic E-state index is 0.283. The van der Waals surface area contributed by atoms with Crippen LogP contribution in [0.3, 0.4) is 0 Å². The summed E-state index contributed by atoms with van der Waals surface area (Å²) in [6, 6.07) is 6.52. The van der Waals surface area contributed by atoms with Crippen molar-refractivity contribution in [1.82, 2.24) is 5.32 Å². The van der Waals surface area contributed by atoms with Gasteiger partial charge in [0.25, 0.3) is 0 Å². The van der Waals surface area contributed by atoms with Crippen LogP contribution in [0.15, 0.2) is 18.2 Å². The van der Waals surface area contributed by atoms with Gasteiger partial charge in [0.2, 0.25) is 0 Å². The molecule has 17 heavy (non-hydrogen) atoms. The Morgan fingerprint density at radius 2 is 2.12 bits per heavy atom. The van der Waals surface area contributed by atoms with Crippen LogP contribution in [0.2, 0.25) is 0 Å². The van der Waals surface area contributed by atoms with Gasteiger partial charge in [-0.3, -0.25) is 0 Å². The Labute approximate surface area is 104 Å². The molecule has 1 aliphatic rings. The highest BCUT2D eigenvalue weighted by Crippen LogP contribution is 2.50. The molecule has 0 saturated heterocycles. The normalized spacial score (nSPS) is 27.6. The zero-order valence-electron chi connectivity index (χ0n) is 11.3. The second-order valence-corrected chi connectivity index (χ2v) is 5.53. The van der Waals surface area contributed by atoms with Gasteiger partial charge in [-0.05, 0) is 38.8 Å². The highest BCUT2D eigenvalue weighted by Gasteiger charge is 2.44. The third kappa shape index (κ3) is 2.19. The van der Waals surface area contributed by atoms with Gasteiger partial charge in [-0.1, -0.05) is 24.6 Å². The van der Waals surface area contributed by atoms with Crippen molar-refractivity contribution in [2.45, 2.75) is 32.1 Å². The van der Waals surface area contributed by atoms with Gasteiger partial charge in [-0.25, -0.2) is 0 Å². The van der Waals surface area contributed by atoms with Gasteiger partial charge in [0.05, 0.1) is 7.11 Å². The van der Waals surface area contributed by atoms with Crippen LogP contribution in [0.5, 0.6) is 5.75 Å². The quantitative estimate of drug-likeness (QED) is 0.863. The smallest absolute Gasteiger partial charge is 0.122 e. The summed E-state index contributed by atoms with van der Waals surface area (Å²) in [6.45, 7) is 5.52. The zero-order valence-corrected chi connectivity index (χ0v) is 11.3. The maximum absolute atomic E-state index is 5.54. The second kappa shape index (κ2) is 4.69. The molecule has 0 amide bonds. The van der Waals surface area contributed by atoms with Crippen LogP contribution in [0.4, 0.5) is 0 Å². The fourth-order valence-electron chi connectivity index (χ4n) is 3.31. The van der Waals surface area contributed by atoms with Crippen LogP contribution in [-0.4, -0.2) is 20.7 Å². The first-order chi connectivity index (χ1) is 8.11. The first kappa shape index (κ1) is 12.4. The van der Waals surface area contributed by atoms with Crippen LogP contribution in [-0.2, 0) is 5.41 Å². The van der Waals surface area contributed by atoms with E-state index in [0.717, 1.165) is 18.2 Å². The molecule has 2 nitrogen and oxygen atoms in total. The van der Waals surface area contributed by atoms with Crippen LogP contribution in [0.1, 0.15) is 30.9 Å². The molecule has 1 saturated carbocycles. The summed E-state index contributed by atoms with van der Waals surface area (Å²) in [7, 11) is 3.80. The molecule has 1 aliphatic carbocycles. The summed E-state index contributed by atoms with van der Waals surface area (Å²) in [4.78, 5) is 0. The van der Waals surface area contributed by atoms with Crippen LogP contribution >= 0.6 is 0 Å². The summed E-state index contributed by atoms with van der Waals surface area (Å²) >= 11 is 0. The lowest BCUT2D eigenvalue weighted by Gasteiger charge is -2.47. The van der Waals surface area contributed by atoms with Gasteiger partial charge in [0, 0.05) is 17.5 Å². The number of nitrogens with one attached hydrogen (secondary N) is 1. The molecule has 1 fully saturated rings. The van der Waals surface area contributed by atoms with Crippen molar-refractivity contribution >= 4 is 0 Å². The predicted molar refractivity (Wildman–Crippen MR) is 71.7 cm³/mol. The number of benzene rings is 1. The van der Waals surface area contributed by atoms with Gasteiger partial charge in [0.1, 0.15) is 5.75 Å². The van der Waals surface area contributed by atoms with Gasteiger partial charge in [-0.15, -0.1) is 0 Å². The molecule has 0 atom stereocenters. The van der Waals surface area contributed by atoms with E-state index in [4.69, 9.17) is 4.74 Å². The lowest BCUT2D eigenvalue weighted by atomic mass is 9.59. The van der Waals surface area contributed by atoms with Crippen molar-refractivity contribution in [3.05, 3.63) is 29.3 Å². The standard InChI is InChI=1S/C15H23NO/c1-11-5-6-14(17-4)13(7-11)15(10-16-3)8-12(2)9-15/h5-7,12,16H,8-10H2,1-4H3.